The third kappa shape index (κ3) is 4.97. The number of piperazine rings is 1. The Balaban J connectivity index is 1.28. The molecule has 2 heterocycles. The van der Waals surface area contributed by atoms with Crippen molar-refractivity contribution in [3.63, 3.8) is 0 Å². The minimum absolute atomic E-state index is 0.0209. The van der Waals surface area contributed by atoms with Gasteiger partial charge in [-0.25, -0.2) is 0 Å². The second-order valence-electron chi connectivity index (χ2n) is 7.83. The highest BCUT2D eigenvalue weighted by Gasteiger charge is 2.24. The van der Waals surface area contributed by atoms with Gasteiger partial charge < -0.3 is 20.5 Å². The third-order valence-electron chi connectivity index (χ3n) is 5.53. The summed E-state index contributed by atoms with van der Waals surface area (Å²) in [6.45, 7) is 5.01. The van der Waals surface area contributed by atoms with Crippen LogP contribution in [0.3, 0.4) is 0 Å². The summed E-state index contributed by atoms with van der Waals surface area (Å²) in [6.07, 6.45) is 0. The Hall–Kier alpha value is -3.65. The van der Waals surface area contributed by atoms with Gasteiger partial charge in [-0.1, -0.05) is 24.3 Å². The largest absolute Gasteiger partial charge is 0.352 e. The van der Waals surface area contributed by atoms with Gasteiger partial charge in [-0.05, 0) is 37.3 Å². The van der Waals surface area contributed by atoms with Gasteiger partial charge in [0.25, 0.3) is 11.8 Å². The Morgan fingerprint density at radius 2 is 1.75 bits per heavy atom. The van der Waals surface area contributed by atoms with Crippen molar-refractivity contribution in [1.82, 2.24) is 20.1 Å². The zero-order chi connectivity index (χ0) is 22.5. The van der Waals surface area contributed by atoms with Gasteiger partial charge in [-0.15, -0.1) is 0 Å². The molecule has 3 aromatic rings. The SMILES string of the molecule is CCNC(=O)c1cccc(NC(=O)CN2CCN(C(=O)c3cc4ccccc4[nH]3)CC2)c1. The topological polar surface area (TPSA) is 97.5 Å². The van der Waals surface area contributed by atoms with Crippen LogP contribution in [-0.4, -0.2) is 71.8 Å². The molecular weight excluding hydrogens is 406 g/mol. The van der Waals surface area contributed by atoms with E-state index in [0.717, 1.165) is 10.9 Å². The molecule has 3 amide bonds. The lowest BCUT2D eigenvalue weighted by atomic mass is 10.2. The van der Waals surface area contributed by atoms with E-state index in [1.807, 2.05) is 47.1 Å². The molecule has 1 aliphatic heterocycles. The maximum Gasteiger partial charge on any atom is 0.270 e. The van der Waals surface area contributed by atoms with Crippen LogP contribution in [-0.2, 0) is 4.79 Å². The smallest absolute Gasteiger partial charge is 0.270 e. The first kappa shape index (κ1) is 21.6. The highest BCUT2D eigenvalue weighted by molar-refractivity contribution is 5.98. The molecule has 8 heteroatoms. The summed E-state index contributed by atoms with van der Waals surface area (Å²) >= 11 is 0. The molecular formula is C24H27N5O3. The Morgan fingerprint density at radius 3 is 2.50 bits per heavy atom. The summed E-state index contributed by atoms with van der Waals surface area (Å²) in [5, 5.41) is 6.62. The third-order valence-corrected chi connectivity index (χ3v) is 5.53. The fraction of sp³-hybridized carbons (Fsp3) is 0.292. The molecule has 32 heavy (non-hydrogen) atoms. The van der Waals surface area contributed by atoms with Gasteiger partial charge in [0.1, 0.15) is 5.69 Å². The minimum atomic E-state index is -0.167. The molecule has 0 unspecified atom stereocenters. The molecule has 4 rings (SSSR count). The minimum Gasteiger partial charge on any atom is -0.352 e. The van der Waals surface area contributed by atoms with Crippen LogP contribution in [0.25, 0.3) is 10.9 Å². The molecule has 0 aliphatic carbocycles. The van der Waals surface area contributed by atoms with Crippen molar-refractivity contribution in [3.8, 4) is 0 Å². The van der Waals surface area contributed by atoms with Crippen LogP contribution in [0.4, 0.5) is 5.69 Å². The summed E-state index contributed by atoms with van der Waals surface area (Å²) in [5.41, 5.74) is 2.63. The fourth-order valence-electron chi connectivity index (χ4n) is 3.87. The number of aromatic nitrogens is 1. The average Bonchev–Trinajstić information content (AvgIpc) is 3.24. The number of fused-ring (bicyclic) bond motifs is 1. The Morgan fingerprint density at radius 1 is 0.969 bits per heavy atom. The second kappa shape index (κ2) is 9.65. The van der Waals surface area contributed by atoms with Crippen LogP contribution >= 0.6 is 0 Å². The molecule has 0 saturated carbocycles. The molecule has 3 N–H and O–H groups in total. The van der Waals surface area contributed by atoms with Crippen LogP contribution in [0.2, 0.25) is 0 Å². The van der Waals surface area contributed by atoms with Crippen molar-refractivity contribution in [2.45, 2.75) is 6.92 Å². The van der Waals surface area contributed by atoms with Crippen LogP contribution in [0.15, 0.2) is 54.6 Å². The first-order valence-corrected chi connectivity index (χ1v) is 10.8. The molecule has 1 aromatic heterocycles. The van der Waals surface area contributed by atoms with Gasteiger partial charge in [0, 0.05) is 54.9 Å². The quantitative estimate of drug-likeness (QED) is 0.556. The predicted molar refractivity (Wildman–Crippen MR) is 124 cm³/mol. The highest BCUT2D eigenvalue weighted by atomic mass is 16.2. The van der Waals surface area contributed by atoms with E-state index in [0.29, 0.717) is 49.7 Å². The number of hydrogen-bond donors (Lipinski definition) is 3. The lowest BCUT2D eigenvalue weighted by molar-refractivity contribution is -0.117. The zero-order valence-electron chi connectivity index (χ0n) is 18.1. The number of hydrogen-bond acceptors (Lipinski definition) is 4. The second-order valence-corrected chi connectivity index (χ2v) is 7.83. The molecule has 1 aliphatic rings. The van der Waals surface area contributed by atoms with Gasteiger partial charge >= 0.3 is 0 Å². The Labute approximate surface area is 186 Å². The Bertz CT molecular complexity index is 1100. The van der Waals surface area contributed by atoms with Crippen LogP contribution < -0.4 is 10.6 Å². The van der Waals surface area contributed by atoms with E-state index in [9.17, 15) is 14.4 Å². The predicted octanol–water partition coefficient (Wildman–Crippen LogP) is 2.31. The highest BCUT2D eigenvalue weighted by Crippen LogP contribution is 2.17. The number of amides is 3. The molecule has 1 saturated heterocycles. The monoisotopic (exact) mass is 433 g/mol. The first-order valence-electron chi connectivity index (χ1n) is 10.8. The molecule has 166 valence electrons. The van der Waals surface area contributed by atoms with Crippen molar-refractivity contribution in [1.29, 1.82) is 0 Å². The lowest BCUT2D eigenvalue weighted by Gasteiger charge is -2.34. The van der Waals surface area contributed by atoms with Gasteiger partial charge in [0.05, 0.1) is 6.54 Å². The normalized spacial score (nSPS) is 14.3. The molecule has 0 atom stereocenters. The van der Waals surface area contributed by atoms with Crippen LogP contribution in [0, 0.1) is 0 Å². The standard InChI is InChI=1S/C24H27N5O3/c1-2-25-23(31)18-7-5-8-19(14-18)26-22(30)16-28-10-12-29(13-11-28)24(32)21-15-17-6-3-4-9-20(17)27-21/h3-9,14-15,27H,2,10-13,16H2,1H3,(H,25,31)(H,26,30). The van der Waals surface area contributed by atoms with E-state index in [1.54, 1.807) is 24.3 Å². The maximum absolute atomic E-state index is 12.8. The summed E-state index contributed by atoms with van der Waals surface area (Å²) in [7, 11) is 0. The Kier molecular flexibility index (Phi) is 6.51. The van der Waals surface area contributed by atoms with Gasteiger partial charge in [-0.3, -0.25) is 19.3 Å². The van der Waals surface area contributed by atoms with Crippen molar-refractivity contribution < 1.29 is 14.4 Å². The number of carbonyl (C=O) groups excluding carboxylic acids is 3. The van der Waals surface area contributed by atoms with E-state index in [4.69, 9.17) is 0 Å². The summed E-state index contributed by atoms with van der Waals surface area (Å²) in [5.74, 6) is -0.333. The number of benzene rings is 2. The van der Waals surface area contributed by atoms with Crippen LogP contribution in [0.1, 0.15) is 27.8 Å². The van der Waals surface area contributed by atoms with E-state index >= 15 is 0 Å². The van der Waals surface area contributed by atoms with Crippen molar-refractivity contribution in [2.75, 3.05) is 44.6 Å². The number of H-pyrrole nitrogens is 1. The lowest BCUT2D eigenvalue weighted by Crippen LogP contribution is -2.50. The molecule has 0 radical (unpaired) electrons. The number of para-hydroxylation sites is 1. The van der Waals surface area contributed by atoms with E-state index in [1.165, 1.54) is 0 Å². The zero-order valence-corrected chi connectivity index (χ0v) is 18.1. The maximum atomic E-state index is 12.8. The van der Waals surface area contributed by atoms with Gasteiger partial charge in [0.2, 0.25) is 5.91 Å². The van der Waals surface area contributed by atoms with Crippen molar-refractivity contribution in [2.24, 2.45) is 0 Å². The number of nitrogens with one attached hydrogen (secondary N) is 3. The molecule has 0 bridgehead atoms. The molecule has 2 aromatic carbocycles. The number of rotatable bonds is 6. The van der Waals surface area contributed by atoms with Crippen LogP contribution in [0.5, 0.6) is 0 Å². The average molecular weight is 434 g/mol. The molecule has 0 spiro atoms. The summed E-state index contributed by atoms with van der Waals surface area (Å²) < 4.78 is 0. The number of carbonyl (C=O) groups is 3. The number of anilines is 1. The van der Waals surface area contributed by atoms with Crippen molar-refractivity contribution in [3.05, 3.63) is 65.9 Å². The van der Waals surface area contributed by atoms with E-state index < -0.39 is 0 Å². The first-order chi connectivity index (χ1) is 15.5. The fourth-order valence-corrected chi connectivity index (χ4v) is 3.87. The van der Waals surface area contributed by atoms with E-state index in [-0.39, 0.29) is 24.3 Å². The summed E-state index contributed by atoms with van der Waals surface area (Å²) in [6, 6.07) is 16.6. The number of aromatic amines is 1. The van der Waals surface area contributed by atoms with E-state index in [2.05, 4.69) is 15.6 Å². The molecule has 1 fully saturated rings. The number of nitrogens with zero attached hydrogens (tertiary/aromatic N) is 2. The van der Waals surface area contributed by atoms with Gasteiger partial charge in [0.15, 0.2) is 0 Å². The molecule has 8 nitrogen and oxygen atoms in total. The van der Waals surface area contributed by atoms with Crippen molar-refractivity contribution >= 4 is 34.3 Å². The van der Waals surface area contributed by atoms with Gasteiger partial charge in [-0.2, -0.15) is 0 Å². The summed E-state index contributed by atoms with van der Waals surface area (Å²) in [4.78, 5) is 44.3.